The van der Waals surface area contributed by atoms with E-state index in [1.165, 1.54) is 0 Å². The van der Waals surface area contributed by atoms with E-state index in [0.29, 0.717) is 32.4 Å². The van der Waals surface area contributed by atoms with Gasteiger partial charge in [0.1, 0.15) is 5.75 Å². The minimum absolute atomic E-state index is 0.0631. The number of amides is 2. The first-order valence-corrected chi connectivity index (χ1v) is 9.22. The Labute approximate surface area is 148 Å². The molecule has 2 aliphatic heterocycles. The molecule has 0 bridgehead atoms. The van der Waals surface area contributed by atoms with Gasteiger partial charge in [-0.1, -0.05) is 0 Å². The van der Waals surface area contributed by atoms with Crippen LogP contribution in [0.3, 0.4) is 0 Å². The number of carbonyl (C=O) groups excluding carboxylic acids is 2. The number of likely N-dealkylation sites (tertiary alicyclic amines) is 1. The Morgan fingerprint density at radius 3 is 3.04 bits per heavy atom. The molecule has 6 heteroatoms. The van der Waals surface area contributed by atoms with E-state index in [0.717, 1.165) is 49.2 Å². The maximum Gasteiger partial charge on any atom is 0.224 e. The lowest BCUT2D eigenvalue weighted by molar-refractivity contribution is -0.134. The second-order valence-corrected chi connectivity index (χ2v) is 6.79. The lowest BCUT2D eigenvalue weighted by atomic mass is 10.0. The van der Waals surface area contributed by atoms with Crippen LogP contribution in [-0.4, -0.2) is 42.5 Å². The van der Waals surface area contributed by atoms with Crippen molar-refractivity contribution in [2.45, 2.75) is 51.0 Å². The number of fused-ring (bicyclic) bond motifs is 1. The highest BCUT2D eigenvalue weighted by Gasteiger charge is 2.24. The van der Waals surface area contributed by atoms with E-state index < -0.39 is 0 Å². The van der Waals surface area contributed by atoms with Gasteiger partial charge in [-0.25, -0.2) is 0 Å². The molecule has 2 amide bonds. The summed E-state index contributed by atoms with van der Waals surface area (Å²) in [5, 5.41) is 2.86. The largest absolute Gasteiger partial charge is 0.494 e. The fraction of sp³-hybridized carbons (Fsp3) is 0.579. The molecule has 0 saturated carbocycles. The van der Waals surface area contributed by atoms with Crippen LogP contribution in [0.15, 0.2) is 18.2 Å². The Balaban J connectivity index is 1.44. The van der Waals surface area contributed by atoms with Gasteiger partial charge in [-0.05, 0) is 55.9 Å². The molecule has 2 heterocycles. The van der Waals surface area contributed by atoms with Gasteiger partial charge in [0, 0.05) is 37.7 Å². The molecule has 3 N–H and O–H groups in total. The second kappa shape index (κ2) is 8.34. The van der Waals surface area contributed by atoms with Crippen molar-refractivity contribution in [3.63, 3.8) is 0 Å². The Kier molecular flexibility index (Phi) is 5.91. The number of nitrogens with zero attached hydrogens (tertiary/aromatic N) is 1. The smallest absolute Gasteiger partial charge is 0.224 e. The number of rotatable bonds is 6. The van der Waals surface area contributed by atoms with Crippen molar-refractivity contribution < 1.29 is 14.3 Å². The number of ether oxygens (including phenoxy) is 1. The van der Waals surface area contributed by atoms with E-state index >= 15 is 0 Å². The zero-order valence-electron chi connectivity index (χ0n) is 14.6. The average molecular weight is 345 g/mol. The number of anilines is 1. The fourth-order valence-electron chi connectivity index (χ4n) is 3.58. The molecule has 0 radical (unpaired) electrons. The Hall–Kier alpha value is -2.08. The van der Waals surface area contributed by atoms with Crippen LogP contribution in [0.4, 0.5) is 5.69 Å². The molecule has 1 aromatic carbocycles. The zero-order valence-corrected chi connectivity index (χ0v) is 14.6. The van der Waals surface area contributed by atoms with Gasteiger partial charge in [0.05, 0.1) is 6.61 Å². The van der Waals surface area contributed by atoms with Crippen LogP contribution in [0.2, 0.25) is 0 Å². The summed E-state index contributed by atoms with van der Waals surface area (Å²) < 4.78 is 5.78. The maximum absolute atomic E-state index is 12.4. The predicted octanol–water partition coefficient (Wildman–Crippen LogP) is 2.07. The van der Waals surface area contributed by atoms with Crippen molar-refractivity contribution in [1.82, 2.24) is 4.90 Å². The van der Waals surface area contributed by atoms with Crippen LogP contribution in [0, 0.1) is 0 Å². The number of hydrogen-bond donors (Lipinski definition) is 2. The first-order valence-electron chi connectivity index (χ1n) is 9.22. The van der Waals surface area contributed by atoms with Gasteiger partial charge in [0.2, 0.25) is 11.8 Å². The van der Waals surface area contributed by atoms with Gasteiger partial charge >= 0.3 is 0 Å². The lowest BCUT2D eigenvalue weighted by Crippen LogP contribution is -2.47. The number of aryl methyl sites for hydroxylation is 1. The van der Waals surface area contributed by atoms with E-state index in [1.54, 1.807) is 0 Å². The molecule has 6 nitrogen and oxygen atoms in total. The number of piperidine rings is 1. The maximum atomic E-state index is 12.4. The van der Waals surface area contributed by atoms with E-state index in [9.17, 15) is 9.59 Å². The molecule has 1 unspecified atom stereocenters. The van der Waals surface area contributed by atoms with Crippen LogP contribution in [-0.2, 0) is 16.0 Å². The third-order valence-electron chi connectivity index (χ3n) is 5.00. The van der Waals surface area contributed by atoms with E-state index in [4.69, 9.17) is 10.5 Å². The van der Waals surface area contributed by atoms with Crippen LogP contribution in [0.1, 0.15) is 44.1 Å². The van der Waals surface area contributed by atoms with Gasteiger partial charge < -0.3 is 20.7 Å². The summed E-state index contributed by atoms with van der Waals surface area (Å²) in [6, 6.07) is 5.93. The van der Waals surface area contributed by atoms with Crippen molar-refractivity contribution in [2.24, 2.45) is 5.73 Å². The third-order valence-corrected chi connectivity index (χ3v) is 5.00. The number of nitrogens with one attached hydrogen (secondary N) is 1. The number of hydrogen-bond acceptors (Lipinski definition) is 4. The van der Waals surface area contributed by atoms with Crippen molar-refractivity contribution in [3.8, 4) is 5.75 Å². The summed E-state index contributed by atoms with van der Waals surface area (Å²) in [6.45, 7) is 1.89. The molecule has 25 heavy (non-hydrogen) atoms. The molecule has 1 fully saturated rings. The van der Waals surface area contributed by atoms with Gasteiger partial charge in [-0.3, -0.25) is 9.59 Å². The van der Waals surface area contributed by atoms with Crippen molar-refractivity contribution in [3.05, 3.63) is 23.8 Å². The molecule has 3 rings (SSSR count). The van der Waals surface area contributed by atoms with Crippen LogP contribution in [0.25, 0.3) is 0 Å². The molecule has 0 spiro atoms. The first kappa shape index (κ1) is 17.7. The molecule has 0 aliphatic carbocycles. The highest BCUT2D eigenvalue weighted by molar-refractivity contribution is 5.94. The Morgan fingerprint density at radius 1 is 1.32 bits per heavy atom. The normalized spacial score (nSPS) is 20.0. The molecular weight excluding hydrogens is 318 g/mol. The molecule has 1 atom stereocenters. The number of benzene rings is 1. The summed E-state index contributed by atoms with van der Waals surface area (Å²) in [5.41, 5.74) is 7.76. The summed E-state index contributed by atoms with van der Waals surface area (Å²) in [7, 11) is 0. The zero-order chi connectivity index (χ0) is 17.6. The van der Waals surface area contributed by atoms with E-state index in [1.807, 2.05) is 23.1 Å². The van der Waals surface area contributed by atoms with Gasteiger partial charge in [0.15, 0.2) is 0 Å². The summed E-state index contributed by atoms with van der Waals surface area (Å²) in [6.07, 6.45) is 5.70. The van der Waals surface area contributed by atoms with Gasteiger partial charge in [-0.2, -0.15) is 0 Å². The third kappa shape index (κ3) is 4.51. The Morgan fingerprint density at radius 2 is 2.20 bits per heavy atom. The van der Waals surface area contributed by atoms with Crippen molar-refractivity contribution in [1.29, 1.82) is 0 Å². The highest BCUT2D eigenvalue weighted by atomic mass is 16.5. The van der Waals surface area contributed by atoms with Crippen molar-refractivity contribution in [2.75, 3.05) is 25.0 Å². The molecule has 2 aliphatic rings. The average Bonchev–Trinajstić information content (AvgIpc) is 2.65. The SMILES string of the molecule is NCC1CCCCN1C(=O)CCCOc1ccc2c(c1)CCC(=O)N2. The molecule has 1 saturated heterocycles. The number of nitrogens with two attached hydrogens (primary N) is 1. The van der Waals surface area contributed by atoms with Crippen LogP contribution >= 0.6 is 0 Å². The summed E-state index contributed by atoms with van der Waals surface area (Å²) in [5.74, 6) is 1.04. The van der Waals surface area contributed by atoms with Gasteiger partial charge in [-0.15, -0.1) is 0 Å². The first-order chi connectivity index (χ1) is 12.2. The molecule has 136 valence electrons. The standard InChI is InChI=1S/C19H27N3O3/c20-13-15-4-1-2-10-22(15)19(24)5-3-11-25-16-7-8-17-14(12-16)6-9-18(23)21-17/h7-8,12,15H,1-6,9-11,13,20H2,(H,21,23). The second-order valence-electron chi connectivity index (χ2n) is 6.79. The minimum atomic E-state index is 0.0631. The van der Waals surface area contributed by atoms with Crippen LogP contribution < -0.4 is 15.8 Å². The van der Waals surface area contributed by atoms with E-state index in [2.05, 4.69) is 5.32 Å². The fourth-order valence-corrected chi connectivity index (χ4v) is 3.58. The summed E-state index contributed by atoms with van der Waals surface area (Å²) >= 11 is 0. The minimum Gasteiger partial charge on any atom is -0.494 e. The lowest BCUT2D eigenvalue weighted by Gasteiger charge is -2.35. The van der Waals surface area contributed by atoms with Crippen LogP contribution in [0.5, 0.6) is 5.75 Å². The molecule has 1 aromatic rings. The quantitative estimate of drug-likeness (QED) is 0.773. The molecule has 0 aromatic heterocycles. The number of carbonyl (C=O) groups is 2. The topological polar surface area (TPSA) is 84.7 Å². The monoisotopic (exact) mass is 345 g/mol. The molecular formula is C19H27N3O3. The van der Waals surface area contributed by atoms with Gasteiger partial charge in [0.25, 0.3) is 0 Å². The predicted molar refractivity (Wildman–Crippen MR) is 96.5 cm³/mol. The highest BCUT2D eigenvalue weighted by Crippen LogP contribution is 2.27. The Bertz CT molecular complexity index is 632. The van der Waals surface area contributed by atoms with Crippen molar-refractivity contribution >= 4 is 17.5 Å². The summed E-state index contributed by atoms with van der Waals surface area (Å²) in [4.78, 5) is 25.7. The van der Waals surface area contributed by atoms with E-state index in [-0.39, 0.29) is 17.9 Å².